The third-order valence-electron chi connectivity index (χ3n) is 4.66. The molecule has 4 rings (SSSR count). The fraction of sp³-hybridized carbons (Fsp3) is 0.0800. The van der Waals surface area contributed by atoms with Crippen molar-refractivity contribution in [1.82, 2.24) is 5.32 Å². The van der Waals surface area contributed by atoms with Crippen LogP contribution in [-0.2, 0) is 9.59 Å². The first-order chi connectivity index (χ1) is 16.4. The summed E-state index contributed by atoms with van der Waals surface area (Å²) >= 11 is 4.71. The molecule has 0 aliphatic carbocycles. The van der Waals surface area contributed by atoms with Gasteiger partial charge in [0.15, 0.2) is 11.8 Å². The number of aryl methyl sites for hydroxylation is 1. The number of hydrogen-bond acceptors (Lipinski definition) is 5. The van der Waals surface area contributed by atoms with Crippen molar-refractivity contribution in [2.24, 2.45) is 4.99 Å². The van der Waals surface area contributed by atoms with Gasteiger partial charge in [0.25, 0.3) is 11.8 Å². The summed E-state index contributed by atoms with van der Waals surface area (Å²) in [7, 11) is 0. The Morgan fingerprint density at radius 1 is 1.15 bits per heavy atom. The number of halogens is 2. The monoisotopic (exact) mass is 539 g/mol. The number of benzene rings is 3. The predicted octanol–water partition coefficient (Wildman–Crippen LogP) is 5.81. The Morgan fingerprint density at radius 2 is 1.88 bits per heavy atom. The number of hydrogen-bond donors (Lipinski definition) is 2. The van der Waals surface area contributed by atoms with Crippen molar-refractivity contribution in [2.75, 3.05) is 11.9 Å². The lowest BCUT2D eigenvalue weighted by Gasteiger charge is -2.09. The number of carbonyl (C=O) groups is 2. The van der Waals surface area contributed by atoms with Gasteiger partial charge in [-0.15, -0.1) is 0 Å². The Morgan fingerprint density at radius 3 is 2.59 bits per heavy atom. The molecule has 9 heteroatoms. The van der Waals surface area contributed by atoms with Crippen LogP contribution in [0.2, 0.25) is 0 Å². The molecule has 0 unspecified atom stereocenters. The molecule has 6 nitrogen and oxygen atoms in total. The van der Waals surface area contributed by atoms with E-state index in [-0.39, 0.29) is 24.2 Å². The second-order valence-electron chi connectivity index (χ2n) is 7.35. The van der Waals surface area contributed by atoms with Gasteiger partial charge < -0.3 is 15.4 Å². The fourth-order valence-corrected chi connectivity index (χ4v) is 4.32. The highest BCUT2D eigenvalue weighted by Crippen LogP contribution is 2.31. The molecule has 0 radical (unpaired) electrons. The minimum Gasteiger partial charge on any atom is -0.483 e. The van der Waals surface area contributed by atoms with Gasteiger partial charge in [-0.25, -0.2) is 9.38 Å². The molecule has 1 heterocycles. The van der Waals surface area contributed by atoms with Crippen LogP contribution < -0.4 is 15.4 Å². The Bertz CT molecular complexity index is 1290. The fourth-order valence-electron chi connectivity index (χ4n) is 2.97. The summed E-state index contributed by atoms with van der Waals surface area (Å²) in [5, 5.41) is 5.93. The largest absolute Gasteiger partial charge is 0.483 e. The molecule has 0 atom stereocenters. The van der Waals surface area contributed by atoms with Crippen LogP contribution in [0, 0.1) is 12.7 Å². The molecular formula is C25H19BrFN3O3S. The van der Waals surface area contributed by atoms with Gasteiger partial charge in [-0.1, -0.05) is 23.8 Å². The zero-order chi connectivity index (χ0) is 24.1. The highest BCUT2D eigenvalue weighted by Gasteiger charge is 2.24. The van der Waals surface area contributed by atoms with Crippen LogP contribution in [0.4, 0.5) is 15.8 Å². The number of amidine groups is 1. The molecule has 1 saturated heterocycles. The summed E-state index contributed by atoms with van der Waals surface area (Å²) in [6.45, 7) is 1.79. The first kappa shape index (κ1) is 23.7. The average molecular weight is 540 g/mol. The molecule has 0 aromatic heterocycles. The molecule has 34 heavy (non-hydrogen) atoms. The molecule has 1 fully saturated rings. The van der Waals surface area contributed by atoms with E-state index < -0.39 is 0 Å². The summed E-state index contributed by atoms with van der Waals surface area (Å²) in [5.41, 5.74) is 3.17. The molecule has 3 aromatic rings. The van der Waals surface area contributed by atoms with Gasteiger partial charge in [0, 0.05) is 5.69 Å². The maximum absolute atomic E-state index is 13.0. The van der Waals surface area contributed by atoms with E-state index in [0.29, 0.717) is 26.0 Å². The van der Waals surface area contributed by atoms with Crippen LogP contribution in [-0.4, -0.2) is 23.6 Å². The van der Waals surface area contributed by atoms with E-state index >= 15 is 0 Å². The molecule has 1 aliphatic rings. The van der Waals surface area contributed by atoms with Crippen molar-refractivity contribution in [2.45, 2.75) is 6.92 Å². The number of amides is 2. The summed E-state index contributed by atoms with van der Waals surface area (Å²) < 4.78 is 19.2. The molecule has 0 spiro atoms. The van der Waals surface area contributed by atoms with Crippen LogP contribution in [0.1, 0.15) is 11.1 Å². The zero-order valence-electron chi connectivity index (χ0n) is 18.0. The van der Waals surface area contributed by atoms with E-state index in [2.05, 4.69) is 31.6 Å². The lowest BCUT2D eigenvalue weighted by Crippen LogP contribution is -2.20. The minimum atomic E-state index is -0.378. The number of ether oxygens (including phenoxy) is 1. The molecule has 2 N–H and O–H groups in total. The van der Waals surface area contributed by atoms with Crippen molar-refractivity contribution < 1.29 is 18.7 Å². The van der Waals surface area contributed by atoms with E-state index in [0.717, 1.165) is 16.8 Å². The molecular weight excluding hydrogens is 521 g/mol. The van der Waals surface area contributed by atoms with Gasteiger partial charge in [-0.3, -0.25) is 9.59 Å². The van der Waals surface area contributed by atoms with Crippen molar-refractivity contribution in [3.63, 3.8) is 0 Å². The maximum atomic E-state index is 13.0. The molecule has 0 bridgehead atoms. The highest BCUT2D eigenvalue weighted by molar-refractivity contribution is 9.10. The normalized spacial score (nSPS) is 15.4. The van der Waals surface area contributed by atoms with Crippen LogP contribution in [0.25, 0.3) is 6.08 Å². The maximum Gasteiger partial charge on any atom is 0.264 e. The lowest BCUT2D eigenvalue weighted by atomic mass is 10.2. The van der Waals surface area contributed by atoms with Crippen molar-refractivity contribution in [3.8, 4) is 5.75 Å². The third kappa shape index (κ3) is 6.33. The Kier molecular flexibility index (Phi) is 7.44. The molecule has 1 aliphatic heterocycles. The van der Waals surface area contributed by atoms with Crippen LogP contribution >= 0.6 is 27.7 Å². The van der Waals surface area contributed by atoms with Crippen molar-refractivity contribution >= 4 is 62.1 Å². The summed E-state index contributed by atoms with van der Waals surface area (Å²) in [4.78, 5) is 29.4. The molecule has 3 aromatic carbocycles. The number of nitrogens with one attached hydrogen (secondary N) is 2. The van der Waals surface area contributed by atoms with E-state index in [1.54, 1.807) is 24.3 Å². The smallest absolute Gasteiger partial charge is 0.264 e. The number of aliphatic imine (C=N–C) groups is 1. The summed E-state index contributed by atoms with van der Waals surface area (Å²) in [5.74, 6) is -0.494. The van der Waals surface area contributed by atoms with E-state index in [1.165, 1.54) is 36.0 Å². The molecule has 172 valence electrons. The van der Waals surface area contributed by atoms with Gasteiger partial charge in [-0.05, 0) is 94.8 Å². The molecule has 0 saturated carbocycles. The van der Waals surface area contributed by atoms with Gasteiger partial charge in [0.05, 0.1) is 15.1 Å². The first-order valence-corrected chi connectivity index (χ1v) is 11.8. The van der Waals surface area contributed by atoms with Gasteiger partial charge in [0.1, 0.15) is 11.6 Å². The number of rotatable bonds is 6. The summed E-state index contributed by atoms with van der Waals surface area (Å²) in [6.07, 6.45) is 1.76. The number of anilines is 1. The van der Waals surface area contributed by atoms with Gasteiger partial charge in [-0.2, -0.15) is 0 Å². The first-order valence-electron chi connectivity index (χ1n) is 10.2. The van der Waals surface area contributed by atoms with Crippen LogP contribution in [0.3, 0.4) is 0 Å². The third-order valence-corrected chi connectivity index (χ3v) is 6.19. The average Bonchev–Trinajstić information content (AvgIpc) is 3.14. The van der Waals surface area contributed by atoms with Crippen LogP contribution in [0.15, 0.2) is 81.1 Å². The molecule has 2 amide bonds. The summed E-state index contributed by atoms with van der Waals surface area (Å²) in [6, 6.07) is 18.5. The van der Waals surface area contributed by atoms with E-state index in [9.17, 15) is 14.0 Å². The van der Waals surface area contributed by atoms with E-state index in [1.807, 2.05) is 31.2 Å². The topological polar surface area (TPSA) is 79.8 Å². The zero-order valence-corrected chi connectivity index (χ0v) is 20.4. The van der Waals surface area contributed by atoms with Crippen LogP contribution in [0.5, 0.6) is 5.75 Å². The number of nitrogens with zero attached hydrogens (tertiary/aromatic N) is 1. The SMILES string of the molecule is Cc1ccc(N=C2NC(=O)/C(=C\c3ccc(OCC(=O)Nc4ccc(F)cc4)c(Br)c3)S2)cc1. The Hall–Kier alpha value is -3.43. The van der Waals surface area contributed by atoms with Gasteiger partial charge in [0.2, 0.25) is 0 Å². The quantitative estimate of drug-likeness (QED) is 0.387. The number of thioether (sulfide) groups is 1. The standard InChI is InChI=1S/C25H19BrFN3O3S/c1-15-2-7-19(8-3-15)29-25-30-24(32)22(34-25)13-16-4-11-21(20(26)12-16)33-14-23(31)28-18-9-5-17(27)6-10-18/h2-13H,14H2,1H3,(H,28,31)(H,29,30,32)/b22-13+. The van der Waals surface area contributed by atoms with Crippen molar-refractivity contribution in [3.05, 3.63) is 93.1 Å². The second kappa shape index (κ2) is 10.7. The highest BCUT2D eigenvalue weighted by atomic mass is 79.9. The minimum absolute atomic E-state index is 0.215. The van der Waals surface area contributed by atoms with Crippen molar-refractivity contribution in [1.29, 1.82) is 0 Å². The lowest BCUT2D eigenvalue weighted by molar-refractivity contribution is -0.118. The van der Waals surface area contributed by atoms with E-state index in [4.69, 9.17) is 4.74 Å². The predicted molar refractivity (Wildman–Crippen MR) is 137 cm³/mol. The van der Waals surface area contributed by atoms with Gasteiger partial charge >= 0.3 is 0 Å². The Balaban J connectivity index is 1.37. The second-order valence-corrected chi connectivity index (χ2v) is 9.24. The number of carbonyl (C=O) groups excluding carboxylic acids is 2. The Labute approximate surface area is 208 Å².